The predicted molar refractivity (Wildman–Crippen MR) is 112 cm³/mol. The van der Waals surface area contributed by atoms with Crippen LogP contribution < -0.4 is 14.8 Å². The number of methoxy groups -OCH3 is 1. The van der Waals surface area contributed by atoms with E-state index in [9.17, 15) is 4.79 Å². The fraction of sp³-hybridized carbons (Fsp3) is 0.391. The molecular weight excluding hydrogens is 366 g/mol. The van der Waals surface area contributed by atoms with Crippen molar-refractivity contribution in [3.63, 3.8) is 0 Å². The molecule has 29 heavy (non-hydrogen) atoms. The Labute approximate surface area is 171 Å². The summed E-state index contributed by atoms with van der Waals surface area (Å²) in [6.45, 7) is 5.22. The largest absolute Gasteiger partial charge is 0.497 e. The first-order valence-corrected chi connectivity index (χ1v) is 10.1. The summed E-state index contributed by atoms with van der Waals surface area (Å²) in [5.74, 6) is 1.85. The molecule has 2 aliphatic heterocycles. The van der Waals surface area contributed by atoms with Gasteiger partial charge in [0, 0.05) is 37.4 Å². The zero-order valence-corrected chi connectivity index (χ0v) is 16.9. The molecule has 2 aliphatic rings. The number of rotatable bonds is 5. The number of carbonyl (C=O) groups is 1. The number of fused-ring (bicyclic) bond motifs is 1. The minimum absolute atomic E-state index is 0.0477. The van der Waals surface area contributed by atoms with Crippen LogP contribution in [0.2, 0.25) is 0 Å². The molecule has 3 heterocycles. The van der Waals surface area contributed by atoms with Crippen molar-refractivity contribution in [2.75, 3.05) is 26.8 Å². The van der Waals surface area contributed by atoms with Crippen molar-refractivity contribution in [2.45, 2.75) is 25.9 Å². The van der Waals surface area contributed by atoms with Gasteiger partial charge in [0.1, 0.15) is 18.1 Å². The zero-order valence-electron chi connectivity index (χ0n) is 16.9. The smallest absolute Gasteiger partial charge is 0.250 e. The van der Waals surface area contributed by atoms with Crippen LogP contribution in [0.3, 0.4) is 0 Å². The number of nitrogens with one attached hydrogen (secondary N) is 1. The second kappa shape index (κ2) is 8.66. The maximum Gasteiger partial charge on any atom is 0.250 e. The average molecular weight is 393 g/mol. The molecule has 1 N–H and O–H groups in total. The Kier molecular flexibility index (Phi) is 5.81. The molecule has 4 rings (SSSR count). The summed E-state index contributed by atoms with van der Waals surface area (Å²) in [7, 11) is 1.63. The van der Waals surface area contributed by atoms with Crippen molar-refractivity contribution < 1.29 is 14.3 Å². The average Bonchev–Trinajstić information content (AvgIpc) is 2.75. The van der Waals surface area contributed by atoms with Crippen LogP contribution in [0.1, 0.15) is 24.6 Å². The summed E-state index contributed by atoms with van der Waals surface area (Å²) in [6, 6.07) is 11.8. The Bertz CT molecular complexity index is 897. The molecule has 0 bridgehead atoms. The van der Waals surface area contributed by atoms with Crippen LogP contribution in [0.4, 0.5) is 0 Å². The number of benzene rings is 1. The molecule has 0 saturated carbocycles. The number of hydrogen-bond acceptors (Lipinski definition) is 5. The third-order valence-corrected chi connectivity index (χ3v) is 5.64. The van der Waals surface area contributed by atoms with Gasteiger partial charge in [-0.15, -0.1) is 0 Å². The highest BCUT2D eigenvalue weighted by molar-refractivity contribution is 5.99. The van der Waals surface area contributed by atoms with E-state index in [1.165, 1.54) is 0 Å². The maximum atomic E-state index is 12.8. The van der Waals surface area contributed by atoms with Crippen LogP contribution in [0, 0.1) is 5.92 Å². The quantitative estimate of drug-likeness (QED) is 0.846. The number of likely N-dealkylation sites (tertiary alicyclic amines) is 1. The van der Waals surface area contributed by atoms with E-state index < -0.39 is 0 Å². The van der Waals surface area contributed by atoms with E-state index in [4.69, 9.17) is 9.47 Å². The van der Waals surface area contributed by atoms with Crippen LogP contribution in [-0.4, -0.2) is 48.6 Å². The highest BCUT2D eigenvalue weighted by Gasteiger charge is 2.29. The van der Waals surface area contributed by atoms with Crippen molar-refractivity contribution in [3.05, 3.63) is 59.4 Å². The SMILES string of the molecule is COc1ccc2c(c1)C=C(C(=O)NC1CCN(Cc3ccccn3)CC1C)CO2. The number of nitrogens with zero attached hydrogens (tertiary/aromatic N) is 2. The third-order valence-electron chi connectivity index (χ3n) is 5.64. The van der Waals surface area contributed by atoms with Gasteiger partial charge in [0.15, 0.2) is 0 Å². The lowest BCUT2D eigenvalue weighted by atomic mass is 9.93. The lowest BCUT2D eigenvalue weighted by Gasteiger charge is -2.37. The number of carbonyl (C=O) groups excluding carboxylic acids is 1. The van der Waals surface area contributed by atoms with Gasteiger partial charge in [-0.05, 0) is 48.7 Å². The first kappa shape index (κ1) is 19.5. The van der Waals surface area contributed by atoms with Crippen LogP contribution >= 0.6 is 0 Å². The van der Waals surface area contributed by atoms with E-state index in [2.05, 4.69) is 28.2 Å². The molecule has 152 valence electrons. The number of piperidine rings is 1. The van der Waals surface area contributed by atoms with Crippen LogP contribution in [0.25, 0.3) is 6.08 Å². The van der Waals surface area contributed by atoms with Gasteiger partial charge in [0.2, 0.25) is 0 Å². The molecule has 6 heteroatoms. The molecule has 1 amide bonds. The monoisotopic (exact) mass is 393 g/mol. The summed E-state index contributed by atoms with van der Waals surface area (Å²) >= 11 is 0. The molecular formula is C23H27N3O3. The lowest BCUT2D eigenvalue weighted by Crippen LogP contribution is -2.50. The molecule has 0 radical (unpaired) electrons. The molecule has 2 unspecified atom stereocenters. The van der Waals surface area contributed by atoms with Crippen molar-refractivity contribution in [1.82, 2.24) is 15.2 Å². The minimum Gasteiger partial charge on any atom is -0.497 e. The second-order valence-corrected chi connectivity index (χ2v) is 7.76. The van der Waals surface area contributed by atoms with E-state index in [-0.39, 0.29) is 18.6 Å². The highest BCUT2D eigenvalue weighted by Crippen LogP contribution is 2.30. The molecule has 6 nitrogen and oxygen atoms in total. The highest BCUT2D eigenvalue weighted by atomic mass is 16.5. The molecule has 1 fully saturated rings. The first-order valence-electron chi connectivity index (χ1n) is 10.1. The Morgan fingerprint density at radius 1 is 1.34 bits per heavy atom. The van der Waals surface area contributed by atoms with Crippen LogP contribution in [0.5, 0.6) is 11.5 Å². The zero-order chi connectivity index (χ0) is 20.2. The van der Waals surface area contributed by atoms with Gasteiger partial charge in [-0.2, -0.15) is 0 Å². The molecule has 2 aromatic rings. The van der Waals surface area contributed by atoms with Crippen molar-refractivity contribution in [2.24, 2.45) is 5.92 Å². The summed E-state index contributed by atoms with van der Waals surface area (Å²) in [5.41, 5.74) is 2.61. The standard InChI is InChI=1S/C23H27N3O3/c1-16-13-26(14-19-5-3-4-9-24-19)10-8-21(16)25-23(27)18-11-17-12-20(28-2)6-7-22(17)29-15-18/h3-7,9,11-12,16,21H,8,10,13-15H2,1-2H3,(H,25,27). The van der Waals surface area contributed by atoms with E-state index in [0.29, 0.717) is 11.5 Å². The van der Waals surface area contributed by atoms with Gasteiger partial charge in [-0.25, -0.2) is 0 Å². The van der Waals surface area contributed by atoms with Crippen LogP contribution in [0.15, 0.2) is 48.2 Å². The van der Waals surface area contributed by atoms with Gasteiger partial charge in [0.05, 0.1) is 18.4 Å². The second-order valence-electron chi connectivity index (χ2n) is 7.76. The number of ether oxygens (including phenoxy) is 2. The summed E-state index contributed by atoms with van der Waals surface area (Å²) < 4.78 is 11.0. The Hall–Kier alpha value is -2.86. The van der Waals surface area contributed by atoms with Crippen molar-refractivity contribution in [1.29, 1.82) is 0 Å². The van der Waals surface area contributed by atoms with Gasteiger partial charge >= 0.3 is 0 Å². The molecule has 1 saturated heterocycles. The molecule has 2 atom stereocenters. The van der Waals surface area contributed by atoms with Gasteiger partial charge in [0.25, 0.3) is 5.91 Å². The Morgan fingerprint density at radius 2 is 2.24 bits per heavy atom. The van der Waals surface area contributed by atoms with Crippen LogP contribution in [-0.2, 0) is 11.3 Å². The topological polar surface area (TPSA) is 63.7 Å². The van der Waals surface area contributed by atoms with Crippen molar-refractivity contribution in [3.8, 4) is 11.5 Å². The normalized spacial score (nSPS) is 21.5. The van der Waals surface area contributed by atoms with Gasteiger partial charge < -0.3 is 14.8 Å². The van der Waals surface area contributed by atoms with Crippen molar-refractivity contribution >= 4 is 12.0 Å². The number of pyridine rings is 1. The van der Waals surface area contributed by atoms with E-state index in [1.807, 2.05) is 42.6 Å². The molecule has 0 aliphatic carbocycles. The number of aromatic nitrogens is 1. The van der Waals surface area contributed by atoms with E-state index in [0.717, 1.165) is 48.8 Å². The fourth-order valence-corrected chi connectivity index (χ4v) is 3.99. The molecule has 1 aromatic heterocycles. The fourth-order valence-electron chi connectivity index (χ4n) is 3.99. The first-order chi connectivity index (χ1) is 14.1. The Balaban J connectivity index is 1.36. The third kappa shape index (κ3) is 4.59. The van der Waals surface area contributed by atoms with E-state index >= 15 is 0 Å². The maximum absolute atomic E-state index is 12.8. The molecule has 0 spiro atoms. The number of hydrogen-bond donors (Lipinski definition) is 1. The van der Waals surface area contributed by atoms with E-state index in [1.54, 1.807) is 7.11 Å². The molecule has 1 aromatic carbocycles. The van der Waals surface area contributed by atoms with Gasteiger partial charge in [-0.3, -0.25) is 14.7 Å². The summed E-state index contributed by atoms with van der Waals surface area (Å²) in [4.78, 5) is 19.7. The minimum atomic E-state index is -0.0477. The lowest BCUT2D eigenvalue weighted by molar-refractivity contribution is -0.119. The van der Waals surface area contributed by atoms with Gasteiger partial charge in [-0.1, -0.05) is 13.0 Å². The number of amides is 1. The predicted octanol–water partition coefficient (Wildman–Crippen LogP) is 2.89. The Morgan fingerprint density at radius 3 is 3.00 bits per heavy atom. The summed E-state index contributed by atoms with van der Waals surface area (Å²) in [6.07, 6.45) is 4.66. The summed E-state index contributed by atoms with van der Waals surface area (Å²) in [5, 5.41) is 3.22.